The summed E-state index contributed by atoms with van der Waals surface area (Å²) in [6.45, 7) is 0. The van der Waals surface area contributed by atoms with E-state index in [1.165, 1.54) is 0 Å². The third kappa shape index (κ3) is 2.55. The molecule has 1 heterocycles. The summed E-state index contributed by atoms with van der Waals surface area (Å²) in [5, 5.41) is 3.51. The van der Waals surface area contributed by atoms with E-state index in [9.17, 15) is 0 Å². The van der Waals surface area contributed by atoms with Crippen molar-refractivity contribution >= 4 is 0 Å². The molecule has 4 rings (SSSR count). The SMILES string of the molecule is c1ccc(C2NC(c3ccccc3)(c3ccccc3)OO2)cc1. The van der Waals surface area contributed by atoms with E-state index in [4.69, 9.17) is 9.78 Å². The Labute approximate surface area is 135 Å². The van der Waals surface area contributed by atoms with Gasteiger partial charge in [-0.1, -0.05) is 91.0 Å². The van der Waals surface area contributed by atoms with Crippen LogP contribution in [0.1, 0.15) is 22.9 Å². The number of nitrogens with one attached hydrogen (secondary N) is 1. The molecule has 0 amide bonds. The third-order valence-corrected chi connectivity index (χ3v) is 4.07. The molecule has 3 heteroatoms. The minimum absolute atomic E-state index is 0.323. The minimum Gasteiger partial charge on any atom is -0.247 e. The lowest BCUT2D eigenvalue weighted by Crippen LogP contribution is -2.40. The van der Waals surface area contributed by atoms with Gasteiger partial charge < -0.3 is 0 Å². The molecule has 1 unspecified atom stereocenters. The largest absolute Gasteiger partial charge is 0.247 e. The summed E-state index contributed by atoms with van der Waals surface area (Å²) in [4.78, 5) is 11.5. The van der Waals surface area contributed by atoms with E-state index in [1.807, 2.05) is 91.0 Å². The van der Waals surface area contributed by atoms with Crippen molar-refractivity contribution in [3.05, 3.63) is 108 Å². The first-order valence-electron chi connectivity index (χ1n) is 7.67. The molecule has 114 valence electrons. The van der Waals surface area contributed by atoms with Crippen LogP contribution < -0.4 is 5.32 Å². The van der Waals surface area contributed by atoms with Gasteiger partial charge in [-0.15, -0.1) is 0 Å². The molecule has 3 aromatic carbocycles. The van der Waals surface area contributed by atoms with E-state index in [-0.39, 0.29) is 6.23 Å². The predicted molar refractivity (Wildman–Crippen MR) is 88.2 cm³/mol. The van der Waals surface area contributed by atoms with Crippen molar-refractivity contribution in [3.8, 4) is 0 Å². The molecule has 3 nitrogen and oxygen atoms in total. The normalized spacial score (nSPS) is 19.6. The van der Waals surface area contributed by atoms with Gasteiger partial charge in [0, 0.05) is 11.1 Å². The molecule has 0 bridgehead atoms. The zero-order valence-corrected chi connectivity index (χ0v) is 12.6. The van der Waals surface area contributed by atoms with Gasteiger partial charge in [-0.3, -0.25) is 0 Å². The van der Waals surface area contributed by atoms with Gasteiger partial charge in [0.1, 0.15) is 0 Å². The third-order valence-electron chi connectivity index (χ3n) is 4.07. The smallest absolute Gasteiger partial charge is 0.208 e. The summed E-state index contributed by atoms with van der Waals surface area (Å²) >= 11 is 0. The average molecular weight is 303 g/mol. The van der Waals surface area contributed by atoms with Gasteiger partial charge in [-0.25, -0.2) is 15.1 Å². The second-order valence-corrected chi connectivity index (χ2v) is 5.53. The van der Waals surface area contributed by atoms with Crippen LogP contribution in [0.25, 0.3) is 0 Å². The molecule has 1 atom stereocenters. The summed E-state index contributed by atoms with van der Waals surface area (Å²) in [5.41, 5.74) is 2.22. The summed E-state index contributed by atoms with van der Waals surface area (Å²) in [6.07, 6.45) is -0.323. The van der Waals surface area contributed by atoms with Crippen LogP contribution in [0.2, 0.25) is 0 Å². The first kappa shape index (κ1) is 14.2. The molecule has 1 saturated heterocycles. The van der Waals surface area contributed by atoms with Gasteiger partial charge in [0.2, 0.25) is 5.72 Å². The highest BCUT2D eigenvalue weighted by molar-refractivity contribution is 5.36. The van der Waals surface area contributed by atoms with Crippen LogP contribution in [-0.2, 0) is 15.5 Å². The van der Waals surface area contributed by atoms with Crippen LogP contribution in [0.4, 0.5) is 0 Å². The Balaban J connectivity index is 1.77. The quantitative estimate of drug-likeness (QED) is 0.738. The zero-order valence-electron chi connectivity index (χ0n) is 12.6. The molecule has 0 aliphatic carbocycles. The van der Waals surface area contributed by atoms with Crippen molar-refractivity contribution in [2.45, 2.75) is 12.0 Å². The fourth-order valence-electron chi connectivity index (χ4n) is 2.90. The fourth-order valence-corrected chi connectivity index (χ4v) is 2.90. The van der Waals surface area contributed by atoms with E-state index in [2.05, 4.69) is 5.32 Å². The van der Waals surface area contributed by atoms with Gasteiger partial charge in [-0.2, -0.15) is 0 Å². The Bertz CT molecular complexity index is 720. The maximum absolute atomic E-state index is 5.87. The highest BCUT2D eigenvalue weighted by Gasteiger charge is 2.45. The Morgan fingerprint density at radius 3 is 1.65 bits per heavy atom. The lowest BCUT2D eigenvalue weighted by molar-refractivity contribution is -0.323. The molecule has 0 radical (unpaired) electrons. The van der Waals surface area contributed by atoms with Gasteiger partial charge in [0.05, 0.1) is 0 Å². The molecule has 0 aromatic heterocycles. The van der Waals surface area contributed by atoms with Crippen LogP contribution in [-0.4, -0.2) is 0 Å². The van der Waals surface area contributed by atoms with Crippen molar-refractivity contribution in [3.63, 3.8) is 0 Å². The van der Waals surface area contributed by atoms with E-state index in [0.717, 1.165) is 16.7 Å². The van der Waals surface area contributed by atoms with Gasteiger partial charge in [0.25, 0.3) is 0 Å². The molecule has 0 saturated carbocycles. The summed E-state index contributed by atoms with van der Waals surface area (Å²) in [5.74, 6) is 0. The number of rotatable bonds is 3. The van der Waals surface area contributed by atoms with Gasteiger partial charge >= 0.3 is 0 Å². The summed E-state index contributed by atoms with van der Waals surface area (Å²) < 4.78 is 0. The van der Waals surface area contributed by atoms with E-state index >= 15 is 0 Å². The van der Waals surface area contributed by atoms with E-state index in [1.54, 1.807) is 0 Å². The van der Waals surface area contributed by atoms with Crippen molar-refractivity contribution in [2.24, 2.45) is 0 Å². The molecular weight excluding hydrogens is 286 g/mol. The lowest BCUT2D eigenvalue weighted by atomic mass is 9.94. The van der Waals surface area contributed by atoms with E-state index < -0.39 is 5.72 Å². The lowest BCUT2D eigenvalue weighted by Gasteiger charge is -2.27. The highest BCUT2D eigenvalue weighted by Crippen LogP contribution is 2.40. The molecule has 0 spiro atoms. The molecule has 1 aliphatic heterocycles. The first-order valence-corrected chi connectivity index (χ1v) is 7.67. The summed E-state index contributed by atoms with van der Waals surface area (Å²) in [6, 6.07) is 30.2. The van der Waals surface area contributed by atoms with E-state index in [0.29, 0.717) is 0 Å². The minimum atomic E-state index is -0.816. The molecule has 3 aromatic rings. The predicted octanol–water partition coefficient (Wildman–Crippen LogP) is 4.14. The standard InChI is InChI=1S/C20H17NO2/c1-4-10-16(11-5-1)19-21-20(23-22-19,17-12-6-2-7-13-17)18-14-8-3-9-15-18/h1-15,19,21H. The molecule has 1 aliphatic rings. The second-order valence-electron chi connectivity index (χ2n) is 5.53. The topological polar surface area (TPSA) is 30.5 Å². The fraction of sp³-hybridized carbons (Fsp3) is 0.100. The highest BCUT2D eigenvalue weighted by atomic mass is 17.2. The molecule has 1 fully saturated rings. The average Bonchev–Trinajstić information content (AvgIpc) is 3.11. The monoisotopic (exact) mass is 303 g/mol. The Hall–Kier alpha value is -2.46. The Morgan fingerprint density at radius 2 is 1.13 bits per heavy atom. The maximum atomic E-state index is 5.87. The maximum Gasteiger partial charge on any atom is 0.208 e. The molecule has 23 heavy (non-hydrogen) atoms. The number of benzene rings is 3. The van der Waals surface area contributed by atoms with Crippen molar-refractivity contribution in [1.82, 2.24) is 5.32 Å². The van der Waals surface area contributed by atoms with Gasteiger partial charge in [-0.05, 0) is 5.56 Å². The number of hydrogen-bond donors (Lipinski definition) is 1. The van der Waals surface area contributed by atoms with Crippen molar-refractivity contribution < 1.29 is 9.78 Å². The zero-order chi connectivity index (χ0) is 15.5. The van der Waals surface area contributed by atoms with Crippen LogP contribution >= 0.6 is 0 Å². The first-order chi connectivity index (χ1) is 11.4. The Morgan fingerprint density at radius 1 is 0.652 bits per heavy atom. The van der Waals surface area contributed by atoms with Crippen LogP contribution in [0, 0.1) is 0 Å². The number of hydrogen-bond acceptors (Lipinski definition) is 3. The van der Waals surface area contributed by atoms with Gasteiger partial charge in [0.15, 0.2) is 6.23 Å². The second kappa shape index (κ2) is 5.97. The van der Waals surface area contributed by atoms with Crippen molar-refractivity contribution in [2.75, 3.05) is 0 Å². The van der Waals surface area contributed by atoms with Crippen molar-refractivity contribution in [1.29, 1.82) is 0 Å². The molecular formula is C20H17NO2. The summed E-state index contributed by atoms with van der Waals surface area (Å²) in [7, 11) is 0. The van der Waals surface area contributed by atoms with Crippen LogP contribution in [0.5, 0.6) is 0 Å². The Kier molecular flexibility index (Phi) is 3.67. The van der Waals surface area contributed by atoms with Crippen LogP contribution in [0.3, 0.4) is 0 Å². The molecule has 1 N–H and O–H groups in total. The van der Waals surface area contributed by atoms with Crippen LogP contribution in [0.15, 0.2) is 91.0 Å².